The molecule has 1 atom stereocenters. The molecule has 0 saturated carbocycles. The summed E-state index contributed by atoms with van der Waals surface area (Å²) in [7, 11) is 0. The zero-order valence-corrected chi connectivity index (χ0v) is 9.43. The number of aromatic nitrogens is 1. The summed E-state index contributed by atoms with van der Waals surface area (Å²) in [5.74, 6) is 0. The average Bonchev–Trinajstić information content (AvgIpc) is 2.74. The fourth-order valence-electron chi connectivity index (χ4n) is 1.90. The minimum atomic E-state index is 0.679. The molecular formula is C11H16ClN3. The topological polar surface area (TPSA) is 37.0 Å². The normalized spacial score (nSPS) is 20.5. The van der Waals surface area contributed by atoms with Crippen LogP contribution in [0.3, 0.4) is 0 Å². The van der Waals surface area contributed by atoms with Gasteiger partial charge in [-0.05, 0) is 31.9 Å². The fraction of sp³-hybridized carbons (Fsp3) is 0.545. The molecule has 0 bridgehead atoms. The molecule has 15 heavy (non-hydrogen) atoms. The number of hydrogen-bond acceptors (Lipinski definition) is 3. The van der Waals surface area contributed by atoms with E-state index in [1.807, 2.05) is 6.07 Å². The Labute approximate surface area is 95.2 Å². The first-order valence-electron chi connectivity index (χ1n) is 5.43. The molecule has 2 heterocycles. The highest BCUT2D eigenvalue weighted by Crippen LogP contribution is 2.19. The molecule has 2 rings (SSSR count). The van der Waals surface area contributed by atoms with Crippen LogP contribution in [0.1, 0.15) is 19.3 Å². The van der Waals surface area contributed by atoms with Gasteiger partial charge in [-0.3, -0.25) is 4.98 Å². The molecule has 2 N–H and O–H groups in total. The summed E-state index contributed by atoms with van der Waals surface area (Å²) >= 11 is 5.98. The number of nitrogens with zero attached hydrogens (tertiary/aromatic N) is 1. The molecule has 1 unspecified atom stereocenters. The minimum absolute atomic E-state index is 0.679. The van der Waals surface area contributed by atoms with Crippen molar-refractivity contribution >= 4 is 17.3 Å². The molecule has 0 radical (unpaired) electrons. The Balaban J connectivity index is 1.75. The molecule has 0 aliphatic carbocycles. The Morgan fingerprint density at radius 2 is 2.53 bits per heavy atom. The van der Waals surface area contributed by atoms with Gasteiger partial charge in [0.2, 0.25) is 0 Å². The summed E-state index contributed by atoms with van der Waals surface area (Å²) < 4.78 is 0. The number of nitrogens with one attached hydrogen (secondary N) is 2. The van der Waals surface area contributed by atoms with E-state index in [9.17, 15) is 0 Å². The van der Waals surface area contributed by atoms with Crippen LogP contribution in [0.4, 0.5) is 5.69 Å². The summed E-state index contributed by atoms with van der Waals surface area (Å²) in [6.07, 6.45) is 7.17. The first kappa shape index (κ1) is 10.7. The smallest absolute Gasteiger partial charge is 0.0820 e. The maximum atomic E-state index is 5.98. The van der Waals surface area contributed by atoms with Crippen LogP contribution in [-0.2, 0) is 0 Å². The largest absolute Gasteiger partial charge is 0.384 e. The highest BCUT2D eigenvalue weighted by molar-refractivity contribution is 6.33. The summed E-state index contributed by atoms with van der Waals surface area (Å²) in [6.45, 7) is 2.13. The Morgan fingerprint density at radius 1 is 1.60 bits per heavy atom. The highest BCUT2D eigenvalue weighted by Gasteiger charge is 2.12. The maximum Gasteiger partial charge on any atom is 0.0820 e. The Hall–Kier alpha value is -0.800. The molecule has 1 aliphatic rings. The van der Waals surface area contributed by atoms with E-state index < -0.39 is 0 Å². The van der Waals surface area contributed by atoms with Crippen molar-refractivity contribution in [3.05, 3.63) is 23.5 Å². The van der Waals surface area contributed by atoms with Crippen LogP contribution >= 0.6 is 11.6 Å². The lowest BCUT2D eigenvalue weighted by atomic mass is 10.1. The molecular weight excluding hydrogens is 210 g/mol. The van der Waals surface area contributed by atoms with Crippen molar-refractivity contribution in [3.8, 4) is 0 Å². The van der Waals surface area contributed by atoms with E-state index in [4.69, 9.17) is 11.6 Å². The molecule has 1 saturated heterocycles. The number of rotatable bonds is 4. The van der Waals surface area contributed by atoms with Gasteiger partial charge < -0.3 is 10.6 Å². The number of anilines is 1. The third-order valence-corrected chi connectivity index (χ3v) is 3.04. The van der Waals surface area contributed by atoms with Crippen LogP contribution in [0.5, 0.6) is 0 Å². The lowest BCUT2D eigenvalue weighted by molar-refractivity contribution is 0.574. The predicted molar refractivity (Wildman–Crippen MR) is 63.4 cm³/mol. The summed E-state index contributed by atoms with van der Waals surface area (Å²) in [5, 5.41) is 7.49. The molecule has 1 aromatic heterocycles. The van der Waals surface area contributed by atoms with Crippen LogP contribution in [0.25, 0.3) is 0 Å². The monoisotopic (exact) mass is 225 g/mol. The fourth-order valence-corrected chi connectivity index (χ4v) is 2.09. The number of halogens is 1. The van der Waals surface area contributed by atoms with Crippen molar-refractivity contribution in [2.45, 2.75) is 25.3 Å². The SMILES string of the molecule is Clc1cnccc1NCCC1CCCN1. The second kappa shape index (κ2) is 5.33. The number of pyridine rings is 1. The van der Waals surface area contributed by atoms with Crippen molar-refractivity contribution in [2.75, 3.05) is 18.4 Å². The van der Waals surface area contributed by atoms with Gasteiger partial charge in [-0.1, -0.05) is 11.6 Å². The molecule has 1 aromatic rings. The predicted octanol–water partition coefficient (Wildman–Crippen LogP) is 2.29. The van der Waals surface area contributed by atoms with Crippen molar-refractivity contribution in [3.63, 3.8) is 0 Å². The van der Waals surface area contributed by atoms with Gasteiger partial charge >= 0.3 is 0 Å². The minimum Gasteiger partial charge on any atom is -0.384 e. The van der Waals surface area contributed by atoms with E-state index in [0.717, 1.165) is 18.7 Å². The molecule has 0 amide bonds. The van der Waals surface area contributed by atoms with Gasteiger partial charge in [0, 0.05) is 25.0 Å². The Kier molecular flexibility index (Phi) is 3.80. The quantitative estimate of drug-likeness (QED) is 0.826. The van der Waals surface area contributed by atoms with Crippen molar-refractivity contribution < 1.29 is 0 Å². The van der Waals surface area contributed by atoms with E-state index in [-0.39, 0.29) is 0 Å². The third-order valence-electron chi connectivity index (χ3n) is 2.74. The zero-order chi connectivity index (χ0) is 10.5. The second-order valence-corrected chi connectivity index (χ2v) is 4.27. The van der Waals surface area contributed by atoms with E-state index >= 15 is 0 Å². The van der Waals surface area contributed by atoms with Crippen LogP contribution in [0.15, 0.2) is 18.5 Å². The van der Waals surface area contributed by atoms with E-state index in [2.05, 4.69) is 15.6 Å². The van der Waals surface area contributed by atoms with E-state index in [1.54, 1.807) is 12.4 Å². The molecule has 1 aliphatic heterocycles. The van der Waals surface area contributed by atoms with Gasteiger partial charge in [-0.15, -0.1) is 0 Å². The second-order valence-electron chi connectivity index (χ2n) is 3.86. The zero-order valence-electron chi connectivity index (χ0n) is 8.67. The maximum absolute atomic E-state index is 5.98. The van der Waals surface area contributed by atoms with Crippen LogP contribution in [0, 0.1) is 0 Å². The van der Waals surface area contributed by atoms with Crippen molar-refractivity contribution in [1.29, 1.82) is 0 Å². The summed E-state index contributed by atoms with van der Waals surface area (Å²) in [4.78, 5) is 3.95. The van der Waals surface area contributed by atoms with Gasteiger partial charge in [-0.2, -0.15) is 0 Å². The lowest BCUT2D eigenvalue weighted by Crippen LogP contribution is -2.24. The standard InChI is InChI=1S/C11H16ClN3/c12-10-8-13-6-4-11(10)15-7-3-9-2-1-5-14-9/h4,6,8-9,14H,1-3,5,7H2,(H,13,15). The van der Waals surface area contributed by atoms with Gasteiger partial charge in [-0.25, -0.2) is 0 Å². The molecule has 3 nitrogen and oxygen atoms in total. The molecule has 4 heteroatoms. The third kappa shape index (κ3) is 3.08. The molecule has 0 spiro atoms. The lowest BCUT2D eigenvalue weighted by Gasteiger charge is -2.12. The Bertz CT molecular complexity index is 310. The van der Waals surface area contributed by atoms with E-state index in [0.29, 0.717) is 11.1 Å². The van der Waals surface area contributed by atoms with Crippen LogP contribution in [-0.4, -0.2) is 24.1 Å². The average molecular weight is 226 g/mol. The molecule has 82 valence electrons. The first-order chi connectivity index (χ1) is 7.36. The number of hydrogen-bond donors (Lipinski definition) is 2. The van der Waals surface area contributed by atoms with Crippen molar-refractivity contribution in [1.82, 2.24) is 10.3 Å². The molecule has 0 aromatic carbocycles. The van der Waals surface area contributed by atoms with Gasteiger partial charge in [0.25, 0.3) is 0 Å². The summed E-state index contributed by atoms with van der Waals surface area (Å²) in [6, 6.07) is 2.59. The highest BCUT2D eigenvalue weighted by atomic mass is 35.5. The van der Waals surface area contributed by atoms with Crippen LogP contribution in [0.2, 0.25) is 5.02 Å². The van der Waals surface area contributed by atoms with E-state index in [1.165, 1.54) is 19.4 Å². The van der Waals surface area contributed by atoms with Gasteiger partial charge in [0.15, 0.2) is 0 Å². The first-order valence-corrected chi connectivity index (χ1v) is 5.81. The van der Waals surface area contributed by atoms with Gasteiger partial charge in [0.05, 0.1) is 10.7 Å². The Morgan fingerprint density at radius 3 is 3.27 bits per heavy atom. The van der Waals surface area contributed by atoms with Crippen molar-refractivity contribution in [2.24, 2.45) is 0 Å². The van der Waals surface area contributed by atoms with Crippen LogP contribution < -0.4 is 10.6 Å². The van der Waals surface area contributed by atoms with Gasteiger partial charge in [0.1, 0.15) is 0 Å². The molecule has 1 fully saturated rings. The summed E-state index contributed by atoms with van der Waals surface area (Å²) in [5.41, 5.74) is 0.977.